The Hall–Kier alpha value is -0.100. The van der Waals surface area contributed by atoms with Gasteiger partial charge < -0.3 is 10.1 Å². The van der Waals surface area contributed by atoms with Gasteiger partial charge in [-0.15, -0.1) is 11.3 Å². The molecule has 2 atom stereocenters. The molecule has 1 aliphatic carbocycles. The van der Waals surface area contributed by atoms with Crippen molar-refractivity contribution in [3.8, 4) is 0 Å². The Morgan fingerprint density at radius 3 is 3.21 bits per heavy atom. The quantitative estimate of drug-likeness (QED) is 0.924. The molecule has 0 saturated carbocycles. The van der Waals surface area contributed by atoms with Crippen molar-refractivity contribution in [1.29, 1.82) is 0 Å². The first-order valence-corrected chi connectivity index (χ1v) is 9.28. The minimum atomic E-state index is 0.237. The van der Waals surface area contributed by atoms with Gasteiger partial charge in [-0.25, -0.2) is 4.98 Å². The average Bonchev–Trinajstić information content (AvgIpc) is 2.90. The largest absolute Gasteiger partial charge is 0.369 e. The molecule has 19 heavy (non-hydrogen) atoms. The Morgan fingerprint density at radius 2 is 2.42 bits per heavy atom. The summed E-state index contributed by atoms with van der Waals surface area (Å²) in [6.45, 7) is 4.18. The fourth-order valence-corrected chi connectivity index (χ4v) is 4.90. The molecule has 3 rings (SSSR count). The number of aromatic nitrogens is 1. The first-order chi connectivity index (χ1) is 9.38. The van der Waals surface area contributed by atoms with Gasteiger partial charge in [-0.05, 0) is 32.2 Å². The summed E-state index contributed by atoms with van der Waals surface area (Å²) in [5.74, 6) is 2.20. The summed E-state index contributed by atoms with van der Waals surface area (Å²) in [5, 5.41) is 4.85. The highest BCUT2D eigenvalue weighted by atomic mass is 32.2. The molecule has 0 amide bonds. The van der Waals surface area contributed by atoms with E-state index in [1.807, 2.05) is 23.1 Å². The van der Waals surface area contributed by atoms with Gasteiger partial charge in [0.2, 0.25) is 0 Å². The predicted octanol–water partition coefficient (Wildman–Crippen LogP) is 3.32. The second-order valence-electron chi connectivity index (χ2n) is 5.19. The number of nitrogens with zero attached hydrogens (tertiary/aromatic N) is 1. The van der Waals surface area contributed by atoms with Crippen molar-refractivity contribution in [3.63, 3.8) is 0 Å². The van der Waals surface area contributed by atoms with Crippen molar-refractivity contribution < 1.29 is 4.74 Å². The van der Waals surface area contributed by atoms with Crippen LogP contribution in [0.1, 0.15) is 53.9 Å². The van der Waals surface area contributed by atoms with E-state index in [1.54, 1.807) is 0 Å². The summed E-state index contributed by atoms with van der Waals surface area (Å²) in [4.78, 5) is 6.42. The first kappa shape index (κ1) is 13.9. The standard InChI is InChI=1S/C14H22N2OS2/c1-2-6-15-10-4-3-5-12-13(10)16-14(19-12)11-9-18-8-7-17-11/h10-11,15H,2-9H2,1H3. The zero-order valence-electron chi connectivity index (χ0n) is 11.5. The highest BCUT2D eigenvalue weighted by molar-refractivity contribution is 7.99. The molecular weight excluding hydrogens is 276 g/mol. The summed E-state index contributed by atoms with van der Waals surface area (Å²) in [5.41, 5.74) is 1.32. The van der Waals surface area contributed by atoms with Crippen molar-refractivity contribution >= 4 is 23.1 Å². The van der Waals surface area contributed by atoms with E-state index in [2.05, 4.69) is 12.2 Å². The van der Waals surface area contributed by atoms with Crippen molar-refractivity contribution in [2.45, 2.75) is 44.8 Å². The molecule has 1 saturated heterocycles. The van der Waals surface area contributed by atoms with Crippen molar-refractivity contribution in [3.05, 3.63) is 15.6 Å². The van der Waals surface area contributed by atoms with E-state index < -0.39 is 0 Å². The summed E-state index contributed by atoms with van der Waals surface area (Å²) < 4.78 is 5.86. The van der Waals surface area contributed by atoms with Crippen LogP contribution in [0.15, 0.2) is 0 Å². The SMILES string of the molecule is CCCNC1CCCc2sc(C3CSCCO3)nc21. The maximum absolute atomic E-state index is 5.86. The Kier molecular flexibility index (Phi) is 4.79. The van der Waals surface area contributed by atoms with Crippen molar-refractivity contribution in [2.75, 3.05) is 24.7 Å². The summed E-state index contributed by atoms with van der Waals surface area (Å²) >= 11 is 3.87. The normalized spacial score (nSPS) is 27.2. The molecule has 0 radical (unpaired) electrons. The van der Waals surface area contributed by atoms with Gasteiger partial charge in [0.1, 0.15) is 11.1 Å². The average molecular weight is 298 g/mol. The van der Waals surface area contributed by atoms with Gasteiger partial charge in [0.15, 0.2) is 0 Å². The van der Waals surface area contributed by atoms with Crippen LogP contribution in [0.5, 0.6) is 0 Å². The molecule has 0 bridgehead atoms. The maximum atomic E-state index is 5.86. The summed E-state index contributed by atoms with van der Waals surface area (Å²) in [6.07, 6.45) is 5.15. The van der Waals surface area contributed by atoms with Gasteiger partial charge in [0.25, 0.3) is 0 Å². The van der Waals surface area contributed by atoms with E-state index in [0.717, 1.165) is 24.7 Å². The van der Waals surface area contributed by atoms with Gasteiger partial charge in [-0.2, -0.15) is 11.8 Å². The lowest BCUT2D eigenvalue weighted by molar-refractivity contribution is 0.0753. The zero-order valence-corrected chi connectivity index (χ0v) is 13.1. The fourth-order valence-electron chi connectivity index (χ4n) is 2.72. The van der Waals surface area contributed by atoms with Crippen LogP contribution in [-0.2, 0) is 11.2 Å². The number of thioether (sulfide) groups is 1. The maximum Gasteiger partial charge on any atom is 0.123 e. The Balaban J connectivity index is 1.76. The van der Waals surface area contributed by atoms with Gasteiger partial charge in [0.05, 0.1) is 18.3 Å². The molecule has 1 aromatic heterocycles. The third-order valence-corrected chi connectivity index (χ3v) is 5.92. The van der Waals surface area contributed by atoms with Crippen LogP contribution in [-0.4, -0.2) is 29.6 Å². The lowest BCUT2D eigenvalue weighted by Gasteiger charge is -2.22. The number of ether oxygens (including phenoxy) is 1. The smallest absolute Gasteiger partial charge is 0.123 e. The van der Waals surface area contributed by atoms with E-state index in [4.69, 9.17) is 9.72 Å². The minimum Gasteiger partial charge on any atom is -0.369 e. The van der Waals surface area contributed by atoms with Gasteiger partial charge in [0, 0.05) is 16.4 Å². The number of aryl methyl sites for hydroxylation is 1. The van der Waals surface area contributed by atoms with Crippen LogP contribution in [0, 0.1) is 0 Å². The van der Waals surface area contributed by atoms with Gasteiger partial charge in [-0.1, -0.05) is 6.92 Å². The highest BCUT2D eigenvalue weighted by Gasteiger charge is 2.27. The van der Waals surface area contributed by atoms with E-state index >= 15 is 0 Å². The monoisotopic (exact) mass is 298 g/mol. The molecule has 2 unspecified atom stereocenters. The molecule has 1 aromatic rings. The fraction of sp³-hybridized carbons (Fsp3) is 0.786. The van der Waals surface area contributed by atoms with Crippen LogP contribution in [0.4, 0.5) is 0 Å². The minimum absolute atomic E-state index is 0.237. The van der Waals surface area contributed by atoms with E-state index in [0.29, 0.717) is 6.04 Å². The first-order valence-electron chi connectivity index (χ1n) is 7.30. The van der Waals surface area contributed by atoms with Crippen LogP contribution in [0.2, 0.25) is 0 Å². The topological polar surface area (TPSA) is 34.1 Å². The Bertz CT molecular complexity index is 416. The number of hydrogen-bond donors (Lipinski definition) is 1. The lowest BCUT2D eigenvalue weighted by atomic mass is 9.97. The molecule has 1 fully saturated rings. The molecule has 5 heteroatoms. The molecule has 3 nitrogen and oxygen atoms in total. The molecular formula is C14H22N2OS2. The third-order valence-electron chi connectivity index (χ3n) is 3.70. The van der Waals surface area contributed by atoms with E-state index in [9.17, 15) is 0 Å². The predicted molar refractivity (Wildman–Crippen MR) is 82.1 cm³/mol. The molecule has 106 valence electrons. The Labute approximate surface area is 123 Å². The summed E-state index contributed by atoms with van der Waals surface area (Å²) in [6, 6.07) is 0.477. The molecule has 2 aliphatic rings. The lowest BCUT2D eigenvalue weighted by Crippen LogP contribution is -2.25. The number of hydrogen-bond acceptors (Lipinski definition) is 5. The third kappa shape index (κ3) is 3.15. The number of fused-ring (bicyclic) bond motifs is 1. The zero-order chi connectivity index (χ0) is 13.1. The molecule has 0 aromatic carbocycles. The van der Waals surface area contributed by atoms with E-state index in [-0.39, 0.29) is 6.10 Å². The number of thiazole rings is 1. The van der Waals surface area contributed by atoms with Crippen LogP contribution < -0.4 is 5.32 Å². The van der Waals surface area contributed by atoms with Crippen LogP contribution >= 0.6 is 23.1 Å². The van der Waals surface area contributed by atoms with Crippen molar-refractivity contribution in [2.24, 2.45) is 0 Å². The molecule has 2 heterocycles. The highest BCUT2D eigenvalue weighted by Crippen LogP contribution is 2.37. The Morgan fingerprint density at radius 1 is 1.47 bits per heavy atom. The number of rotatable bonds is 4. The van der Waals surface area contributed by atoms with E-state index in [1.165, 1.54) is 41.3 Å². The number of nitrogens with one attached hydrogen (secondary N) is 1. The van der Waals surface area contributed by atoms with Crippen LogP contribution in [0.25, 0.3) is 0 Å². The van der Waals surface area contributed by atoms with Crippen molar-refractivity contribution in [1.82, 2.24) is 10.3 Å². The van der Waals surface area contributed by atoms with Crippen LogP contribution in [0.3, 0.4) is 0 Å². The van der Waals surface area contributed by atoms with Gasteiger partial charge >= 0.3 is 0 Å². The second kappa shape index (κ2) is 6.57. The van der Waals surface area contributed by atoms with Gasteiger partial charge in [-0.3, -0.25) is 0 Å². The second-order valence-corrected chi connectivity index (χ2v) is 7.46. The molecule has 1 N–H and O–H groups in total. The summed E-state index contributed by atoms with van der Waals surface area (Å²) in [7, 11) is 0. The molecule has 0 spiro atoms. The molecule has 1 aliphatic heterocycles.